The van der Waals surface area contributed by atoms with E-state index in [1.54, 1.807) is 13.2 Å². The summed E-state index contributed by atoms with van der Waals surface area (Å²) < 4.78 is 19.4. The highest BCUT2D eigenvalue weighted by Gasteiger charge is 2.40. The predicted octanol–water partition coefficient (Wildman–Crippen LogP) is 3.60. The minimum Gasteiger partial charge on any atom is -0.496 e. The van der Waals surface area contributed by atoms with Crippen LogP contribution < -0.4 is 4.74 Å². The molecule has 0 saturated carbocycles. The van der Waals surface area contributed by atoms with Gasteiger partial charge in [0.15, 0.2) is 0 Å². The normalized spacial score (nSPS) is 30.6. The van der Waals surface area contributed by atoms with Gasteiger partial charge in [0.25, 0.3) is 0 Å². The number of nitrogens with zero attached hydrogens (tertiary/aromatic N) is 1. The average molecular weight is 263 g/mol. The molecule has 3 rings (SSSR count). The first-order valence-electron chi connectivity index (χ1n) is 7.28. The number of halogens is 1. The summed E-state index contributed by atoms with van der Waals surface area (Å²) in [4.78, 5) is 2.51. The van der Waals surface area contributed by atoms with E-state index in [9.17, 15) is 4.39 Å². The highest BCUT2D eigenvalue weighted by Crippen LogP contribution is 2.40. The van der Waals surface area contributed by atoms with Gasteiger partial charge < -0.3 is 4.74 Å². The van der Waals surface area contributed by atoms with Crippen LogP contribution in [0.3, 0.4) is 0 Å². The zero-order chi connectivity index (χ0) is 13.4. The molecule has 1 aromatic rings. The second kappa shape index (κ2) is 5.12. The van der Waals surface area contributed by atoms with E-state index < -0.39 is 0 Å². The fourth-order valence-corrected chi connectivity index (χ4v) is 3.85. The molecule has 0 amide bonds. The minimum absolute atomic E-state index is 0.142. The second-order valence-electron chi connectivity index (χ2n) is 5.95. The molecule has 19 heavy (non-hydrogen) atoms. The van der Waals surface area contributed by atoms with Crippen LogP contribution in [-0.4, -0.2) is 24.1 Å². The highest BCUT2D eigenvalue weighted by atomic mass is 19.1. The van der Waals surface area contributed by atoms with Gasteiger partial charge in [-0.25, -0.2) is 4.39 Å². The second-order valence-corrected chi connectivity index (χ2v) is 5.95. The Balaban J connectivity index is 1.86. The first kappa shape index (κ1) is 12.9. The number of hydrogen-bond acceptors (Lipinski definition) is 2. The van der Waals surface area contributed by atoms with E-state index in [1.165, 1.54) is 31.7 Å². The van der Waals surface area contributed by atoms with Crippen molar-refractivity contribution in [1.82, 2.24) is 4.90 Å². The maximum absolute atomic E-state index is 14.1. The van der Waals surface area contributed by atoms with Crippen LogP contribution in [0.4, 0.5) is 4.39 Å². The molecule has 104 valence electrons. The Kier molecular flexibility index (Phi) is 3.48. The summed E-state index contributed by atoms with van der Waals surface area (Å²) in [7, 11) is 1.62. The van der Waals surface area contributed by atoms with Gasteiger partial charge in [0.1, 0.15) is 11.6 Å². The van der Waals surface area contributed by atoms with Gasteiger partial charge in [-0.3, -0.25) is 4.90 Å². The van der Waals surface area contributed by atoms with Gasteiger partial charge in [-0.05, 0) is 43.7 Å². The lowest BCUT2D eigenvalue weighted by Gasteiger charge is -2.39. The molecular weight excluding hydrogens is 241 g/mol. The van der Waals surface area contributed by atoms with E-state index in [1.807, 2.05) is 6.07 Å². The summed E-state index contributed by atoms with van der Waals surface area (Å²) in [5.74, 6) is 1.27. The molecule has 0 spiro atoms. The van der Waals surface area contributed by atoms with Gasteiger partial charge in [-0.1, -0.05) is 13.0 Å². The van der Waals surface area contributed by atoms with Gasteiger partial charge in [-0.2, -0.15) is 0 Å². The van der Waals surface area contributed by atoms with Crippen molar-refractivity contribution >= 4 is 0 Å². The first-order chi connectivity index (χ1) is 9.20. The van der Waals surface area contributed by atoms with Crippen molar-refractivity contribution in [3.05, 3.63) is 29.6 Å². The number of fused-ring (bicyclic) bond motifs is 2. The SMILES string of the molecule is COc1cccc(F)c1CN1C2CCC1[C@H](C)CC2. The van der Waals surface area contributed by atoms with Gasteiger partial charge in [0, 0.05) is 24.2 Å². The standard InChI is InChI=1S/C16H22FNO/c1-11-6-7-12-8-9-15(11)18(12)10-13-14(17)4-3-5-16(13)19-2/h3-5,11-12,15H,6-10H2,1-2H3/t11-,12?,15?/m1/s1. The molecule has 2 saturated heterocycles. The first-order valence-corrected chi connectivity index (χ1v) is 7.28. The van der Waals surface area contributed by atoms with Crippen LogP contribution >= 0.6 is 0 Å². The van der Waals surface area contributed by atoms with Crippen LogP contribution in [0.25, 0.3) is 0 Å². The topological polar surface area (TPSA) is 12.5 Å². The van der Waals surface area contributed by atoms with Gasteiger partial charge in [0.05, 0.1) is 7.11 Å². The molecular formula is C16H22FNO. The van der Waals surface area contributed by atoms with Crippen molar-refractivity contribution in [1.29, 1.82) is 0 Å². The zero-order valence-electron chi connectivity index (χ0n) is 11.7. The van der Waals surface area contributed by atoms with Crippen LogP contribution in [0.1, 0.15) is 38.2 Å². The number of rotatable bonds is 3. The third-order valence-corrected chi connectivity index (χ3v) is 4.94. The molecule has 3 atom stereocenters. The average Bonchev–Trinajstić information content (AvgIpc) is 2.71. The Labute approximate surface area is 114 Å². The van der Waals surface area contributed by atoms with Crippen molar-refractivity contribution in [2.75, 3.05) is 7.11 Å². The van der Waals surface area contributed by atoms with E-state index in [-0.39, 0.29) is 5.82 Å². The van der Waals surface area contributed by atoms with Gasteiger partial charge in [-0.15, -0.1) is 0 Å². The van der Waals surface area contributed by atoms with Gasteiger partial charge in [0.2, 0.25) is 0 Å². The largest absolute Gasteiger partial charge is 0.496 e. The zero-order valence-corrected chi connectivity index (χ0v) is 11.7. The predicted molar refractivity (Wildman–Crippen MR) is 73.7 cm³/mol. The molecule has 2 aliphatic heterocycles. The number of benzene rings is 1. The van der Waals surface area contributed by atoms with Gasteiger partial charge >= 0.3 is 0 Å². The lowest BCUT2D eigenvalue weighted by atomic mass is 9.91. The smallest absolute Gasteiger partial charge is 0.131 e. The molecule has 0 aromatic heterocycles. The Bertz CT molecular complexity index is 462. The van der Waals surface area contributed by atoms with Crippen molar-refractivity contribution in [2.45, 2.75) is 51.2 Å². The minimum atomic E-state index is -0.142. The Morgan fingerprint density at radius 3 is 2.84 bits per heavy atom. The molecule has 2 nitrogen and oxygen atoms in total. The molecule has 2 aliphatic rings. The van der Waals surface area contributed by atoms with E-state index >= 15 is 0 Å². The third-order valence-electron chi connectivity index (χ3n) is 4.94. The fraction of sp³-hybridized carbons (Fsp3) is 0.625. The van der Waals surface area contributed by atoms with Crippen molar-refractivity contribution < 1.29 is 9.13 Å². The Morgan fingerprint density at radius 2 is 2.05 bits per heavy atom. The molecule has 3 heteroatoms. The fourth-order valence-electron chi connectivity index (χ4n) is 3.85. The monoisotopic (exact) mass is 263 g/mol. The Hall–Kier alpha value is -1.09. The van der Waals surface area contributed by atoms with Crippen LogP contribution in [0, 0.1) is 11.7 Å². The summed E-state index contributed by atoms with van der Waals surface area (Å²) in [5.41, 5.74) is 0.719. The van der Waals surface area contributed by atoms with Crippen molar-refractivity contribution in [2.24, 2.45) is 5.92 Å². The maximum atomic E-state index is 14.1. The number of ether oxygens (including phenoxy) is 1. The summed E-state index contributed by atoms with van der Waals surface area (Å²) in [6.45, 7) is 3.02. The summed E-state index contributed by atoms with van der Waals surface area (Å²) >= 11 is 0. The summed E-state index contributed by atoms with van der Waals surface area (Å²) in [6, 6.07) is 6.37. The molecule has 2 heterocycles. The quantitative estimate of drug-likeness (QED) is 0.826. The van der Waals surface area contributed by atoms with Crippen LogP contribution in [-0.2, 0) is 6.54 Å². The summed E-state index contributed by atoms with van der Waals surface area (Å²) in [5, 5.41) is 0. The van der Waals surface area contributed by atoms with E-state index in [0.717, 1.165) is 11.5 Å². The third kappa shape index (κ3) is 2.25. The molecule has 0 radical (unpaired) electrons. The van der Waals surface area contributed by atoms with Crippen molar-refractivity contribution in [3.63, 3.8) is 0 Å². The van der Waals surface area contributed by atoms with Crippen LogP contribution in [0.5, 0.6) is 5.75 Å². The van der Waals surface area contributed by atoms with Crippen LogP contribution in [0.15, 0.2) is 18.2 Å². The van der Waals surface area contributed by atoms with Crippen molar-refractivity contribution in [3.8, 4) is 5.75 Å². The molecule has 2 bridgehead atoms. The molecule has 0 N–H and O–H groups in total. The maximum Gasteiger partial charge on any atom is 0.131 e. The van der Waals surface area contributed by atoms with E-state index in [0.29, 0.717) is 24.4 Å². The number of piperidine rings is 1. The number of hydrogen-bond donors (Lipinski definition) is 0. The molecule has 1 aromatic carbocycles. The van der Waals surface area contributed by atoms with E-state index in [2.05, 4.69) is 11.8 Å². The number of methoxy groups -OCH3 is 1. The summed E-state index contributed by atoms with van der Waals surface area (Å²) in [6.07, 6.45) is 5.11. The van der Waals surface area contributed by atoms with E-state index in [4.69, 9.17) is 4.74 Å². The van der Waals surface area contributed by atoms with Crippen LogP contribution in [0.2, 0.25) is 0 Å². The molecule has 0 aliphatic carbocycles. The molecule has 2 fully saturated rings. The molecule has 2 unspecified atom stereocenters. The Morgan fingerprint density at radius 1 is 1.26 bits per heavy atom. The lowest BCUT2D eigenvalue weighted by Crippen LogP contribution is -2.43. The highest BCUT2D eigenvalue weighted by molar-refractivity contribution is 5.34. The lowest BCUT2D eigenvalue weighted by molar-refractivity contribution is 0.0892.